The summed E-state index contributed by atoms with van der Waals surface area (Å²) in [5.74, 6) is 0.819. The SMILES string of the molecule is CN(C)CCNc1nc(NCCC2CCNCC2)cc(C(F)(F)F)n1. The van der Waals surface area contributed by atoms with E-state index >= 15 is 0 Å². The monoisotopic (exact) mass is 360 g/mol. The minimum Gasteiger partial charge on any atom is -0.370 e. The highest BCUT2D eigenvalue weighted by Crippen LogP contribution is 2.29. The molecular weight excluding hydrogens is 333 g/mol. The Hall–Kier alpha value is -1.61. The Balaban J connectivity index is 1.96. The third-order valence-corrected chi connectivity index (χ3v) is 4.18. The highest BCUT2D eigenvalue weighted by Gasteiger charge is 2.33. The van der Waals surface area contributed by atoms with Crippen molar-refractivity contribution < 1.29 is 13.2 Å². The molecule has 0 spiro atoms. The van der Waals surface area contributed by atoms with Gasteiger partial charge in [-0.2, -0.15) is 18.2 Å². The first-order chi connectivity index (χ1) is 11.8. The molecular formula is C16H27F3N6. The molecule has 0 unspecified atom stereocenters. The largest absolute Gasteiger partial charge is 0.433 e. The summed E-state index contributed by atoms with van der Waals surface area (Å²) < 4.78 is 39.2. The lowest BCUT2D eigenvalue weighted by molar-refractivity contribution is -0.141. The lowest BCUT2D eigenvalue weighted by Gasteiger charge is -2.22. The van der Waals surface area contributed by atoms with Crippen LogP contribution in [0.15, 0.2) is 6.07 Å². The zero-order chi connectivity index (χ0) is 18.3. The molecule has 3 N–H and O–H groups in total. The molecule has 0 amide bonds. The van der Waals surface area contributed by atoms with E-state index in [-0.39, 0.29) is 11.8 Å². The number of nitrogens with zero attached hydrogens (tertiary/aromatic N) is 3. The topological polar surface area (TPSA) is 65.1 Å². The molecule has 1 fully saturated rings. The van der Waals surface area contributed by atoms with Crippen LogP contribution in [0, 0.1) is 5.92 Å². The van der Waals surface area contributed by atoms with E-state index < -0.39 is 11.9 Å². The molecule has 1 aromatic heterocycles. The number of nitrogens with one attached hydrogen (secondary N) is 3. The number of alkyl halides is 3. The van der Waals surface area contributed by atoms with Gasteiger partial charge in [-0.1, -0.05) is 0 Å². The van der Waals surface area contributed by atoms with Gasteiger partial charge in [0.05, 0.1) is 0 Å². The maximum absolute atomic E-state index is 13.1. The quantitative estimate of drug-likeness (QED) is 0.661. The molecule has 2 heterocycles. The van der Waals surface area contributed by atoms with Crippen molar-refractivity contribution >= 4 is 11.8 Å². The summed E-state index contributed by atoms with van der Waals surface area (Å²) in [4.78, 5) is 9.68. The highest BCUT2D eigenvalue weighted by atomic mass is 19.4. The first-order valence-corrected chi connectivity index (χ1v) is 8.64. The van der Waals surface area contributed by atoms with Crippen LogP contribution in [0.5, 0.6) is 0 Å². The molecule has 0 aliphatic carbocycles. The van der Waals surface area contributed by atoms with Gasteiger partial charge in [0.25, 0.3) is 0 Å². The van der Waals surface area contributed by atoms with Gasteiger partial charge in [0, 0.05) is 25.7 Å². The predicted octanol–water partition coefficient (Wildman–Crippen LogP) is 2.27. The Bertz CT molecular complexity index is 529. The highest BCUT2D eigenvalue weighted by molar-refractivity contribution is 5.43. The Kier molecular flexibility index (Phi) is 7.24. The molecule has 1 aliphatic rings. The number of aromatic nitrogens is 2. The number of piperidine rings is 1. The number of hydrogen-bond donors (Lipinski definition) is 3. The third kappa shape index (κ3) is 7.03. The predicted molar refractivity (Wildman–Crippen MR) is 92.8 cm³/mol. The second-order valence-electron chi connectivity index (χ2n) is 6.60. The number of halogens is 3. The van der Waals surface area contributed by atoms with Crippen LogP contribution >= 0.6 is 0 Å². The maximum atomic E-state index is 13.1. The van der Waals surface area contributed by atoms with Gasteiger partial charge in [-0.15, -0.1) is 0 Å². The lowest BCUT2D eigenvalue weighted by atomic mass is 9.95. The van der Waals surface area contributed by atoms with Gasteiger partial charge < -0.3 is 20.9 Å². The van der Waals surface area contributed by atoms with E-state index in [0.717, 1.165) is 38.4 Å². The van der Waals surface area contributed by atoms with Crippen LogP contribution in [0.25, 0.3) is 0 Å². The minimum absolute atomic E-state index is 0.000964. The normalized spacial score (nSPS) is 16.2. The Morgan fingerprint density at radius 2 is 1.88 bits per heavy atom. The summed E-state index contributed by atoms with van der Waals surface area (Å²) >= 11 is 0. The van der Waals surface area contributed by atoms with Crippen LogP contribution in [0.2, 0.25) is 0 Å². The fraction of sp³-hybridized carbons (Fsp3) is 0.750. The van der Waals surface area contributed by atoms with Crippen molar-refractivity contribution in [2.75, 3.05) is 57.5 Å². The fourth-order valence-corrected chi connectivity index (χ4v) is 2.73. The van der Waals surface area contributed by atoms with Crippen molar-refractivity contribution in [2.24, 2.45) is 5.92 Å². The molecule has 6 nitrogen and oxygen atoms in total. The molecule has 0 saturated carbocycles. The van der Waals surface area contributed by atoms with Gasteiger partial charge in [0.15, 0.2) is 5.69 Å². The van der Waals surface area contributed by atoms with Crippen LogP contribution in [-0.4, -0.2) is 61.7 Å². The van der Waals surface area contributed by atoms with Gasteiger partial charge in [-0.05, 0) is 52.4 Å². The fourth-order valence-electron chi connectivity index (χ4n) is 2.73. The van der Waals surface area contributed by atoms with E-state index in [9.17, 15) is 13.2 Å². The first-order valence-electron chi connectivity index (χ1n) is 8.64. The number of likely N-dealkylation sites (N-methyl/N-ethyl adjacent to an activating group) is 1. The van der Waals surface area contributed by atoms with Gasteiger partial charge >= 0.3 is 6.18 Å². The van der Waals surface area contributed by atoms with Gasteiger partial charge in [0.2, 0.25) is 5.95 Å². The van der Waals surface area contributed by atoms with E-state index in [1.165, 1.54) is 0 Å². The van der Waals surface area contributed by atoms with E-state index in [1.54, 1.807) is 0 Å². The number of rotatable bonds is 8. The Morgan fingerprint density at radius 3 is 2.52 bits per heavy atom. The zero-order valence-corrected chi connectivity index (χ0v) is 14.8. The molecule has 1 aromatic rings. The zero-order valence-electron chi connectivity index (χ0n) is 14.8. The molecule has 0 aromatic carbocycles. The van der Waals surface area contributed by atoms with E-state index in [0.29, 0.717) is 25.6 Å². The molecule has 1 saturated heterocycles. The van der Waals surface area contributed by atoms with Crippen molar-refractivity contribution in [1.29, 1.82) is 0 Å². The summed E-state index contributed by atoms with van der Waals surface area (Å²) in [6.45, 7) is 3.78. The molecule has 1 aliphatic heterocycles. The average Bonchev–Trinajstić information content (AvgIpc) is 2.54. The average molecular weight is 360 g/mol. The van der Waals surface area contributed by atoms with Crippen molar-refractivity contribution in [3.8, 4) is 0 Å². The second kappa shape index (κ2) is 9.19. The second-order valence-corrected chi connectivity index (χ2v) is 6.60. The summed E-state index contributed by atoms with van der Waals surface area (Å²) in [5.41, 5.74) is -0.931. The van der Waals surface area contributed by atoms with Crippen LogP contribution in [0.1, 0.15) is 25.0 Å². The summed E-state index contributed by atoms with van der Waals surface area (Å²) in [5, 5.41) is 9.18. The maximum Gasteiger partial charge on any atom is 0.433 e. The summed E-state index contributed by atoms with van der Waals surface area (Å²) in [6.07, 6.45) is -1.35. The lowest BCUT2D eigenvalue weighted by Crippen LogP contribution is -2.28. The van der Waals surface area contributed by atoms with Crippen molar-refractivity contribution in [3.05, 3.63) is 11.8 Å². The van der Waals surface area contributed by atoms with Gasteiger partial charge in [-0.3, -0.25) is 0 Å². The van der Waals surface area contributed by atoms with Crippen LogP contribution in [-0.2, 0) is 6.18 Å². The van der Waals surface area contributed by atoms with Crippen LogP contribution < -0.4 is 16.0 Å². The number of hydrogen-bond acceptors (Lipinski definition) is 6. The van der Waals surface area contributed by atoms with Crippen LogP contribution in [0.4, 0.5) is 24.9 Å². The molecule has 25 heavy (non-hydrogen) atoms. The Labute approximate surface area is 146 Å². The molecule has 2 rings (SSSR count). The van der Waals surface area contributed by atoms with E-state index in [4.69, 9.17) is 0 Å². The molecule has 0 radical (unpaired) electrons. The molecule has 142 valence electrons. The standard InChI is InChI=1S/C16H27F3N6/c1-25(2)10-9-22-15-23-13(16(17,18)19)11-14(24-15)21-8-5-12-3-6-20-7-4-12/h11-12,20H,3-10H2,1-2H3,(H2,21,22,23,24). The Morgan fingerprint density at radius 1 is 1.16 bits per heavy atom. The smallest absolute Gasteiger partial charge is 0.370 e. The summed E-state index contributed by atoms with van der Waals surface area (Å²) in [6, 6.07) is 0.972. The summed E-state index contributed by atoms with van der Waals surface area (Å²) in [7, 11) is 3.78. The minimum atomic E-state index is -4.49. The van der Waals surface area contributed by atoms with E-state index in [2.05, 4.69) is 25.9 Å². The van der Waals surface area contributed by atoms with Crippen molar-refractivity contribution in [1.82, 2.24) is 20.2 Å². The first kappa shape index (κ1) is 19.7. The van der Waals surface area contributed by atoms with Crippen molar-refractivity contribution in [2.45, 2.75) is 25.4 Å². The number of anilines is 2. The molecule has 9 heteroatoms. The van der Waals surface area contributed by atoms with Crippen LogP contribution in [0.3, 0.4) is 0 Å². The molecule has 0 bridgehead atoms. The van der Waals surface area contributed by atoms with Crippen molar-refractivity contribution in [3.63, 3.8) is 0 Å². The third-order valence-electron chi connectivity index (χ3n) is 4.18. The van der Waals surface area contributed by atoms with E-state index in [1.807, 2.05) is 19.0 Å². The molecule has 0 atom stereocenters. The van der Waals surface area contributed by atoms with Gasteiger partial charge in [0.1, 0.15) is 5.82 Å². The van der Waals surface area contributed by atoms with Gasteiger partial charge in [-0.25, -0.2) is 4.98 Å².